The predicted molar refractivity (Wildman–Crippen MR) is 106 cm³/mol. The number of nitrogens with zero attached hydrogens (tertiary/aromatic N) is 3. The van der Waals surface area contributed by atoms with Crippen molar-refractivity contribution >= 4 is 29.2 Å². The van der Waals surface area contributed by atoms with Gasteiger partial charge in [0.2, 0.25) is 11.8 Å². The minimum Gasteiger partial charge on any atom is -0.339 e. The molecule has 6 heteroatoms. The summed E-state index contributed by atoms with van der Waals surface area (Å²) in [4.78, 5) is 34.3. The summed E-state index contributed by atoms with van der Waals surface area (Å²) in [6.45, 7) is 2.04. The molecule has 140 valence electrons. The number of likely N-dealkylation sites (tertiary alicyclic amines) is 2. The van der Waals surface area contributed by atoms with Crippen molar-refractivity contribution in [2.75, 3.05) is 13.1 Å². The van der Waals surface area contributed by atoms with Crippen molar-refractivity contribution in [1.82, 2.24) is 14.8 Å². The van der Waals surface area contributed by atoms with Gasteiger partial charge in [-0.15, -0.1) is 11.3 Å². The van der Waals surface area contributed by atoms with Gasteiger partial charge < -0.3 is 9.80 Å². The molecule has 4 rings (SSSR count). The van der Waals surface area contributed by atoms with Crippen molar-refractivity contribution in [2.45, 2.75) is 31.8 Å². The van der Waals surface area contributed by atoms with Crippen LogP contribution in [0.4, 0.5) is 0 Å². The molecule has 0 radical (unpaired) electrons. The minimum atomic E-state index is 0.0672. The van der Waals surface area contributed by atoms with Gasteiger partial charge in [-0.05, 0) is 47.9 Å². The Kier molecular flexibility index (Phi) is 5.34. The van der Waals surface area contributed by atoms with Gasteiger partial charge >= 0.3 is 0 Å². The number of pyridine rings is 1. The molecule has 0 unspecified atom stereocenters. The summed E-state index contributed by atoms with van der Waals surface area (Å²) in [5.41, 5.74) is 1.06. The number of aromatic nitrogens is 1. The van der Waals surface area contributed by atoms with E-state index < -0.39 is 0 Å². The van der Waals surface area contributed by atoms with Crippen LogP contribution in [0.2, 0.25) is 0 Å². The van der Waals surface area contributed by atoms with Gasteiger partial charge in [-0.25, -0.2) is 0 Å². The predicted octanol–water partition coefficient (Wildman–Crippen LogP) is 3.20. The molecule has 0 saturated carbocycles. The number of rotatable bonds is 4. The van der Waals surface area contributed by atoms with Crippen LogP contribution in [0.1, 0.15) is 29.7 Å². The van der Waals surface area contributed by atoms with Crippen molar-refractivity contribution in [3.63, 3.8) is 0 Å². The van der Waals surface area contributed by atoms with Crippen LogP contribution in [-0.4, -0.2) is 45.7 Å². The quantitative estimate of drug-likeness (QED) is 0.765. The van der Waals surface area contributed by atoms with Crippen molar-refractivity contribution in [1.29, 1.82) is 0 Å². The highest BCUT2D eigenvalue weighted by molar-refractivity contribution is 7.10. The zero-order valence-corrected chi connectivity index (χ0v) is 16.0. The second-order valence-corrected chi connectivity index (χ2v) is 8.15. The standard InChI is InChI=1S/C21H23N3O2S/c25-20(8-6-18-4-2-12-27-18)23-11-9-19-17(15-23)5-7-21(26)24(19)14-16-3-1-10-22-13-16/h1-4,6,8,10,12-13,17,19H,5,7,9,11,14-15H2/t17-,19+/m1/s1. The van der Waals surface area contributed by atoms with Crippen molar-refractivity contribution in [2.24, 2.45) is 5.92 Å². The van der Waals surface area contributed by atoms with Crippen LogP contribution in [0.25, 0.3) is 6.08 Å². The van der Waals surface area contributed by atoms with Gasteiger partial charge in [0.15, 0.2) is 0 Å². The van der Waals surface area contributed by atoms with Gasteiger partial charge in [0.1, 0.15) is 0 Å². The molecule has 4 heterocycles. The van der Waals surface area contributed by atoms with E-state index in [2.05, 4.69) is 4.98 Å². The van der Waals surface area contributed by atoms with Crippen molar-refractivity contribution in [3.05, 3.63) is 58.6 Å². The molecule has 2 aliphatic rings. The highest BCUT2D eigenvalue weighted by Crippen LogP contribution is 2.32. The first kappa shape index (κ1) is 17.9. The fraction of sp³-hybridized carbons (Fsp3) is 0.381. The number of amides is 2. The summed E-state index contributed by atoms with van der Waals surface area (Å²) in [6, 6.07) is 8.12. The molecule has 0 N–H and O–H groups in total. The second-order valence-electron chi connectivity index (χ2n) is 7.17. The maximum atomic E-state index is 12.6. The zero-order valence-electron chi connectivity index (χ0n) is 15.2. The number of hydrogen-bond acceptors (Lipinski definition) is 4. The van der Waals surface area contributed by atoms with E-state index in [0.29, 0.717) is 25.4 Å². The van der Waals surface area contributed by atoms with Crippen LogP contribution < -0.4 is 0 Å². The summed E-state index contributed by atoms with van der Waals surface area (Å²) >= 11 is 1.62. The third-order valence-corrected chi connectivity index (χ3v) is 6.30. The Bertz CT molecular complexity index is 819. The molecule has 2 aromatic heterocycles. The molecule has 2 aliphatic heterocycles. The molecule has 0 spiro atoms. The molecule has 2 fully saturated rings. The molecule has 5 nitrogen and oxygen atoms in total. The maximum Gasteiger partial charge on any atom is 0.246 e. The van der Waals surface area contributed by atoms with Gasteiger partial charge in [0.25, 0.3) is 0 Å². The van der Waals surface area contributed by atoms with Gasteiger partial charge in [-0.1, -0.05) is 12.1 Å². The van der Waals surface area contributed by atoms with Crippen LogP contribution in [-0.2, 0) is 16.1 Å². The Morgan fingerprint density at radius 3 is 3.00 bits per heavy atom. The molecule has 2 aromatic rings. The zero-order chi connectivity index (χ0) is 18.6. The lowest BCUT2D eigenvalue weighted by molar-refractivity contribution is -0.143. The molecule has 0 aliphatic carbocycles. The van der Waals surface area contributed by atoms with E-state index in [-0.39, 0.29) is 17.9 Å². The lowest BCUT2D eigenvalue weighted by atomic mass is 9.83. The molecular formula is C21H23N3O2S. The van der Waals surface area contributed by atoms with E-state index in [1.807, 2.05) is 51.7 Å². The smallest absolute Gasteiger partial charge is 0.246 e. The van der Waals surface area contributed by atoms with Gasteiger partial charge in [0, 0.05) is 55.4 Å². The number of hydrogen-bond donors (Lipinski definition) is 0. The number of thiophene rings is 1. The van der Waals surface area contributed by atoms with Crippen LogP contribution in [0, 0.1) is 5.92 Å². The first-order chi connectivity index (χ1) is 13.2. The van der Waals surface area contributed by atoms with Crippen LogP contribution in [0.15, 0.2) is 48.1 Å². The normalized spacial score (nSPS) is 22.9. The number of carbonyl (C=O) groups excluding carboxylic acids is 2. The molecule has 0 aromatic carbocycles. The number of fused-ring (bicyclic) bond motifs is 1. The molecular weight excluding hydrogens is 358 g/mol. The summed E-state index contributed by atoms with van der Waals surface area (Å²) in [5.74, 6) is 0.641. The Morgan fingerprint density at radius 2 is 2.22 bits per heavy atom. The van der Waals surface area contributed by atoms with E-state index >= 15 is 0 Å². The third kappa shape index (κ3) is 4.11. The fourth-order valence-corrected chi connectivity index (χ4v) is 4.71. The lowest BCUT2D eigenvalue weighted by Gasteiger charge is -2.47. The maximum absolute atomic E-state index is 12.6. The van der Waals surface area contributed by atoms with E-state index in [0.717, 1.165) is 29.8 Å². The van der Waals surface area contributed by atoms with Crippen molar-refractivity contribution < 1.29 is 9.59 Å². The van der Waals surface area contributed by atoms with Crippen LogP contribution >= 0.6 is 11.3 Å². The first-order valence-corrected chi connectivity index (χ1v) is 10.3. The van der Waals surface area contributed by atoms with Gasteiger partial charge in [-0.3, -0.25) is 14.6 Å². The SMILES string of the molecule is O=C(C=Cc1cccs1)N1CC[C@H]2[C@H](CCC(=O)N2Cc2cccnc2)C1. The highest BCUT2D eigenvalue weighted by Gasteiger charge is 2.39. The van der Waals surface area contributed by atoms with Crippen LogP contribution in [0.3, 0.4) is 0 Å². The minimum absolute atomic E-state index is 0.0672. The summed E-state index contributed by atoms with van der Waals surface area (Å²) in [6.07, 6.45) is 9.41. The van der Waals surface area contributed by atoms with Crippen LogP contribution in [0.5, 0.6) is 0 Å². The Labute approximate surface area is 163 Å². The Balaban J connectivity index is 1.41. The number of piperidine rings is 2. The lowest BCUT2D eigenvalue weighted by Crippen LogP contribution is -2.56. The third-order valence-electron chi connectivity index (χ3n) is 5.46. The van der Waals surface area contributed by atoms with E-state index in [1.165, 1.54) is 0 Å². The highest BCUT2D eigenvalue weighted by atomic mass is 32.1. The average molecular weight is 382 g/mol. The average Bonchev–Trinajstić information content (AvgIpc) is 3.22. The molecule has 2 atom stereocenters. The fourth-order valence-electron chi connectivity index (χ4n) is 4.09. The van der Waals surface area contributed by atoms with E-state index in [9.17, 15) is 9.59 Å². The molecule has 27 heavy (non-hydrogen) atoms. The largest absolute Gasteiger partial charge is 0.339 e. The van der Waals surface area contributed by atoms with E-state index in [4.69, 9.17) is 0 Å². The molecule has 2 saturated heterocycles. The second kappa shape index (κ2) is 8.05. The van der Waals surface area contributed by atoms with E-state index in [1.54, 1.807) is 23.6 Å². The molecule has 2 amide bonds. The topological polar surface area (TPSA) is 53.5 Å². The van der Waals surface area contributed by atoms with Gasteiger partial charge in [-0.2, -0.15) is 0 Å². The molecule has 0 bridgehead atoms. The number of carbonyl (C=O) groups is 2. The van der Waals surface area contributed by atoms with Crippen molar-refractivity contribution in [3.8, 4) is 0 Å². The monoisotopic (exact) mass is 381 g/mol. The first-order valence-electron chi connectivity index (χ1n) is 9.39. The summed E-state index contributed by atoms with van der Waals surface area (Å²) in [5, 5.41) is 2.01. The summed E-state index contributed by atoms with van der Waals surface area (Å²) in [7, 11) is 0. The Hall–Kier alpha value is -2.47. The Morgan fingerprint density at radius 1 is 1.30 bits per heavy atom. The van der Waals surface area contributed by atoms with Gasteiger partial charge in [0.05, 0.1) is 0 Å². The summed E-state index contributed by atoms with van der Waals surface area (Å²) < 4.78 is 0.